The van der Waals surface area contributed by atoms with Crippen molar-refractivity contribution in [2.45, 2.75) is 50.2 Å². The highest BCUT2D eigenvalue weighted by atomic mass is 16.4. The third-order valence-electron chi connectivity index (χ3n) is 4.48. The van der Waals surface area contributed by atoms with Crippen molar-refractivity contribution in [3.63, 3.8) is 0 Å². The molecular weight excluding hydrogens is 392 g/mol. The molecule has 2 heterocycles. The molecule has 0 aliphatic rings. The normalized spacial score (nSPS) is 13.9. The lowest BCUT2D eigenvalue weighted by atomic mass is 10.1. The largest absolute Gasteiger partial charge is 0.480 e. The molecular formula is C18H28N8O4. The molecule has 30 heavy (non-hydrogen) atoms. The van der Waals surface area contributed by atoms with Crippen LogP contribution in [0.15, 0.2) is 25.0 Å². The molecule has 0 unspecified atom stereocenters. The number of unbranched alkanes of at least 4 members (excludes halogenated alkanes) is 1. The number of aliphatic carboxylic acids is 1. The lowest BCUT2D eigenvalue weighted by molar-refractivity contribution is -0.142. The van der Waals surface area contributed by atoms with Crippen LogP contribution in [0.5, 0.6) is 0 Å². The predicted octanol–water partition coefficient (Wildman–Crippen LogP) is -1.57. The summed E-state index contributed by atoms with van der Waals surface area (Å²) in [5.41, 5.74) is 12.5. The molecule has 2 aromatic rings. The molecule has 2 amide bonds. The van der Waals surface area contributed by atoms with Crippen molar-refractivity contribution in [3.8, 4) is 0 Å². The van der Waals surface area contributed by atoms with Crippen LogP contribution in [0.25, 0.3) is 0 Å². The van der Waals surface area contributed by atoms with Gasteiger partial charge in [0.2, 0.25) is 11.8 Å². The van der Waals surface area contributed by atoms with Crippen molar-refractivity contribution < 1.29 is 19.5 Å². The van der Waals surface area contributed by atoms with Crippen molar-refractivity contribution in [1.82, 2.24) is 30.6 Å². The van der Waals surface area contributed by atoms with Crippen LogP contribution in [0.1, 0.15) is 30.7 Å². The summed E-state index contributed by atoms with van der Waals surface area (Å²) < 4.78 is 0. The molecule has 12 nitrogen and oxygen atoms in total. The quantitative estimate of drug-likeness (QED) is 0.188. The minimum absolute atomic E-state index is 0.00666. The Labute approximate surface area is 173 Å². The minimum atomic E-state index is -1.20. The Morgan fingerprint density at radius 2 is 1.57 bits per heavy atom. The van der Waals surface area contributed by atoms with E-state index in [1.165, 1.54) is 12.7 Å². The molecule has 164 valence electrons. The first kappa shape index (κ1) is 23.0. The van der Waals surface area contributed by atoms with Gasteiger partial charge in [-0.1, -0.05) is 0 Å². The van der Waals surface area contributed by atoms with Crippen LogP contribution in [-0.2, 0) is 27.2 Å². The van der Waals surface area contributed by atoms with Crippen LogP contribution in [-0.4, -0.2) is 67.5 Å². The number of nitrogens with two attached hydrogens (primary N) is 2. The maximum Gasteiger partial charge on any atom is 0.326 e. The van der Waals surface area contributed by atoms with Crippen LogP contribution in [0, 0.1) is 0 Å². The van der Waals surface area contributed by atoms with Crippen molar-refractivity contribution >= 4 is 17.8 Å². The van der Waals surface area contributed by atoms with E-state index in [4.69, 9.17) is 11.5 Å². The first-order chi connectivity index (χ1) is 14.4. The molecule has 0 bridgehead atoms. The molecule has 0 aromatic carbocycles. The van der Waals surface area contributed by atoms with Gasteiger partial charge in [0.05, 0.1) is 30.1 Å². The molecule has 9 N–H and O–H groups in total. The summed E-state index contributed by atoms with van der Waals surface area (Å²) in [6.45, 7) is 0.442. The molecule has 2 rings (SSSR count). The second-order valence-electron chi connectivity index (χ2n) is 6.88. The number of imidazole rings is 2. The van der Waals surface area contributed by atoms with E-state index in [0.717, 1.165) is 0 Å². The number of carbonyl (C=O) groups excluding carboxylic acids is 2. The number of nitrogens with zero attached hydrogens (tertiary/aromatic N) is 2. The lowest BCUT2D eigenvalue weighted by Crippen LogP contribution is -2.55. The highest BCUT2D eigenvalue weighted by Gasteiger charge is 2.28. The van der Waals surface area contributed by atoms with E-state index in [1.807, 2.05) is 0 Å². The summed E-state index contributed by atoms with van der Waals surface area (Å²) in [4.78, 5) is 50.3. The topological polar surface area (TPSA) is 205 Å². The second-order valence-corrected chi connectivity index (χ2v) is 6.88. The number of rotatable bonds is 13. The number of carboxylic acids is 1. The summed E-state index contributed by atoms with van der Waals surface area (Å²) in [5.74, 6) is -2.33. The summed E-state index contributed by atoms with van der Waals surface area (Å²) in [7, 11) is 0. The van der Waals surface area contributed by atoms with Crippen LogP contribution in [0.4, 0.5) is 0 Å². The standard InChI is InChI=1S/C18H28N8O4/c19-4-2-1-3-14(25-16(27)13(20)5-11-7-21-9-23-11)17(28)26-15(18(29)30)6-12-8-22-10-24-12/h7-10,13-15H,1-6,19-20H2,(H,21,23)(H,22,24)(H,25,27)(H,26,28)(H,29,30)/t13-,14-,15-/m0/s1. The first-order valence-corrected chi connectivity index (χ1v) is 9.65. The zero-order valence-electron chi connectivity index (χ0n) is 16.5. The van der Waals surface area contributed by atoms with Crippen molar-refractivity contribution in [1.29, 1.82) is 0 Å². The SMILES string of the molecule is NCCCC[C@H](NC(=O)[C@@H](N)Cc1c[nH]cn1)C(=O)N[C@@H](Cc1c[nH]cn1)C(=O)O. The Kier molecular flexibility index (Phi) is 8.97. The third-order valence-corrected chi connectivity index (χ3v) is 4.48. The minimum Gasteiger partial charge on any atom is -0.480 e. The molecule has 0 saturated heterocycles. The molecule has 12 heteroatoms. The van der Waals surface area contributed by atoms with Gasteiger partial charge in [0, 0.05) is 25.2 Å². The van der Waals surface area contributed by atoms with Crippen molar-refractivity contribution in [3.05, 3.63) is 36.4 Å². The Hall–Kier alpha value is -3.25. The fourth-order valence-corrected chi connectivity index (χ4v) is 2.84. The lowest BCUT2D eigenvalue weighted by Gasteiger charge is -2.22. The van der Waals surface area contributed by atoms with Gasteiger partial charge in [0.1, 0.15) is 12.1 Å². The number of carbonyl (C=O) groups is 3. The number of aromatic nitrogens is 4. The highest BCUT2D eigenvalue weighted by Crippen LogP contribution is 2.05. The van der Waals surface area contributed by atoms with Gasteiger partial charge < -0.3 is 37.2 Å². The Bertz CT molecular complexity index is 793. The number of H-pyrrole nitrogens is 2. The summed E-state index contributed by atoms with van der Waals surface area (Å²) >= 11 is 0. The Balaban J connectivity index is 2.00. The Morgan fingerprint density at radius 3 is 2.10 bits per heavy atom. The van der Waals surface area contributed by atoms with Gasteiger partial charge in [-0.2, -0.15) is 0 Å². The van der Waals surface area contributed by atoms with Crippen LogP contribution in [0.2, 0.25) is 0 Å². The maximum absolute atomic E-state index is 12.7. The fourth-order valence-electron chi connectivity index (χ4n) is 2.84. The van der Waals surface area contributed by atoms with E-state index < -0.39 is 35.9 Å². The van der Waals surface area contributed by atoms with Gasteiger partial charge in [0.25, 0.3) is 0 Å². The average Bonchev–Trinajstić information content (AvgIpc) is 3.40. The van der Waals surface area contributed by atoms with E-state index in [2.05, 4.69) is 30.6 Å². The molecule has 0 aliphatic carbocycles. The van der Waals surface area contributed by atoms with Gasteiger partial charge in [0.15, 0.2) is 0 Å². The third kappa shape index (κ3) is 7.29. The number of nitrogens with one attached hydrogen (secondary N) is 4. The highest BCUT2D eigenvalue weighted by molar-refractivity contribution is 5.91. The summed E-state index contributed by atoms with van der Waals surface area (Å²) in [6, 6.07) is -3.03. The Morgan fingerprint density at radius 1 is 0.967 bits per heavy atom. The second kappa shape index (κ2) is 11.7. The molecule has 0 aliphatic heterocycles. The van der Waals surface area contributed by atoms with Gasteiger partial charge in [-0.15, -0.1) is 0 Å². The van der Waals surface area contributed by atoms with Gasteiger partial charge in [-0.05, 0) is 25.8 Å². The number of hydrogen-bond acceptors (Lipinski definition) is 7. The molecule has 2 aromatic heterocycles. The molecule has 3 atom stereocenters. The van der Waals surface area contributed by atoms with Crippen LogP contribution < -0.4 is 22.1 Å². The monoisotopic (exact) mass is 420 g/mol. The van der Waals surface area contributed by atoms with E-state index in [0.29, 0.717) is 37.2 Å². The van der Waals surface area contributed by atoms with Gasteiger partial charge >= 0.3 is 5.97 Å². The first-order valence-electron chi connectivity index (χ1n) is 9.65. The van der Waals surface area contributed by atoms with Crippen molar-refractivity contribution in [2.75, 3.05) is 6.54 Å². The van der Waals surface area contributed by atoms with Gasteiger partial charge in [-0.3, -0.25) is 9.59 Å². The summed E-state index contributed by atoms with van der Waals surface area (Å²) in [6.07, 6.45) is 7.84. The number of aromatic amines is 2. The average molecular weight is 420 g/mol. The van der Waals surface area contributed by atoms with E-state index in [-0.39, 0.29) is 12.8 Å². The number of amides is 2. The van der Waals surface area contributed by atoms with Crippen LogP contribution >= 0.6 is 0 Å². The number of hydrogen-bond donors (Lipinski definition) is 7. The van der Waals surface area contributed by atoms with E-state index in [1.54, 1.807) is 12.4 Å². The van der Waals surface area contributed by atoms with E-state index in [9.17, 15) is 19.5 Å². The zero-order valence-corrected chi connectivity index (χ0v) is 16.5. The smallest absolute Gasteiger partial charge is 0.326 e. The maximum atomic E-state index is 12.7. The summed E-state index contributed by atoms with van der Waals surface area (Å²) in [5, 5.41) is 14.5. The molecule has 0 spiro atoms. The number of carboxylic acid groups (broad SMARTS) is 1. The molecule has 0 radical (unpaired) electrons. The predicted molar refractivity (Wildman–Crippen MR) is 107 cm³/mol. The fraction of sp³-hybridized carbons (Fsp3) is 0.500. The van der Waals surface area contributed by atoms with Crippen LogP contribution in [0.3, 0.4) is 0 Å². The van der Waals surface area contributed by atoms with Gasteiger partial charge in [-0.25, -0.2) is 14.8 Å². The van der Waals surface area contributed by atoms with E-state index >= 15 is 0 Å². The molecule has 0 fully saturated rings. The van der Waals surface area contributed by atoms with Crippen molar-refractivity contribution in [2.24, 2.45) is 11.5 Å². The zero-order chi connectivity index (χ0) is 21.9. The molecule has 0 saturated carbocycles.